The third-order valence-electron chi connectivity index (χ3n) is 2.93. The molecule has 0 radical (unpaired) electrons. The van der Waals surface area contributed by atoms with Gasteiger partial charge in [0.05, 0.1) is 0 Å². The van der Waals surface area contributed by atoms with Crippen molar-refractivity contribution in [1.82, 2.24) is 9.55 Å². The fourth-order valence-electron chi connectivity index (χ4n) is 1.73. The fourth-order valence-corrected chi connectivity index (χ4v) is 1.90. The van der Waals surface area contributed by atoms with Gasteiger partial charge in [-0.2, -0.15) is 0 Å². The van der Waals surface area contributed by atoms with E-state index in [1.54, 1.807) is 25.1 Å². The van der Waals surface area contributed by atoms with Crippen molar-refractivity contribution in [3.05, 3.63) is 55.8 Å². The third-order valence-corrected chi connectivity index (χ3v) is 3.20. The van der Waals surface area contributed by atoms with Crippen LogP contribution in [-0.2, 0) is 11.3 Å². The van der Waals surface area contributed by atoms with E-state index in [1.807, 2.05) is 4.98 Å². The van der Waals surface area contributed by atoms with Crippen LogP contribution in [0.1, 0.15) is 5.56 Å². The van der Waals surface area contributed by atoms with Crippen LogP contribution in [0.2, 0.25) is 5.02 Å². The highest BCUT2D eigenvalue weighted by molar-refractivity contribution is 6.30. The molecular weight excluding hydrogens is 296 g/mol. The van der Waals surface area contributed by atoms with Crippen LogP contribution in [0.3, 0.4) is 0 Å². The molecule has 0 atom stereocenters. The number of aromatic amines is 1. The summed E-state index contributed by atoms with van der Waals surface area (Å²) in [4.78, 5) is 36.6. The number of nitrogen functional groups attached to an aromatic ring is 1. The summed E-state index contributed by atoms with van der Waals surface area (Å²) >= 11 is 5.62. The molecule has 7 nitrogen and oxygen atoms in total. The first-order valence-corrected chi connectivity index (χ1v) is 6.40. The van der Waals surface area contributed by atoms with Crippen LogP contribution in [0.5, 0.6) is 0 Å². The lowest BCUT2D eigenvalue weighted by Crippen LogP contribution is -2.33. The van der Waals surface area contributed by atoms with E-state index < -0.39 is 17.2 Å². The predicted molar refractivity (Wildman–Crippen MR) is 80.6 cm³/mol. The lowest BCUT2D eigenvalue weighted by Gasteiger charge is -2.11. The topological polar surface area (TPSA) is 110 Å². The molecule has 1 aromatic carbocycles. The summed E-state index contributed by atoms with van der Waals surface area (Å²) in [6.45, 7) is 1.50. The van der Waals surface area contributed by atoms with Gasteiger partial charge in [-0.15, -0.1) is 0 Å². The summed E-state index contributed by atoms with van der Waals surface area (Å²) in [5.74, 6) is -0.436. The number of carbonyl (C=O) groups is 1. The summed E-state index contributed by atoms with van der Waals surface area (Å²) in [5, 5.41) is 2.48. The number of hydrogen-bond acceptors (Lipinski definition) is 4. The molecule has 0 spiro atoms. The first kappa shape index (κ1) is 14.9. The SMILES string of the molecule is Cc1c(N)cccc1NC(=O)Cn1cc(Cl)c(=O)[nH]c1=O. The molecule has 0 saturated heterocycles. The second kappa shape index (κ2) is 5.84. The number of nitrogens with zero attached hydrogens (tertiary/aromatic N) is 1. The molecule has 0 aliphatic carbocycles. The zero-order chi connectivity index (χ0) is 15.6. The van der Waals surface area contributed by atoms with E-state index >= 15 is 0 Å². The number of nitrogens with two attached hydrogens (primary N) is 1. The monoisotopic (exact) mass is 308 g/mol. The van der Waals surface area contributed by atoms with Crippen LogP contribution >= 0.6 is 11.6 Å². The molecule has 110 valence electrons. The van der Waals surface area contributed by atoms with E-state index in [2.05, 4.69) is 5.32 Å². The number of amides is 1. The lowest BCUT2D eigenvalue weighted by atomic mass is 10.1. The van der Waals surface area contributed by atoms with Crippen LogP contribution in [-0.4, -0.2) is 15.5 Å². The van der Waals surface area contributed by atoms with Gasteiger partial charge >= 0.3 is 5.69 Å². The Morgan fingerprint density at radius 2 is 2.14 bits per heavy atom. The number of nitrogens with one attached hydrogen (secondary N) is 2. The van der Waals surface area contributed by atoms with Gasteiger partial charge in [0.15, 0.2) is 0 Å². The highest BCUT2D eigenvalue weighted by Crippen LogP contribution is 2.20. The van der Waals surface area contributed by atoms with Crippen molar-refractivity contribution < 1.29 is 4.79 Å². The maximum Gasteiger partial charge on any atom is 0.328 e. The molecule has 0 saturated carbocycles. The normalized spacial score (nSPS) is 10.4. The van der Waals surface area contributed by atoms with Gasteiger partial charge in [0.2, 0.25) is 5.91 Å². The van der Waals surface area contributed by atoms with Gasteiger partial charge in [0, 0.05) is 17.6 Å². The molecule has 4 N–H and O–H groups in total. The predicted octanol–water partition coefficient (Wildman–Crippen LogP) is 0.719. The smallest absolute Gasteiger partial charge is 0.328 e. The van der Waals surface area contributed by atoms with E-state index in [0.717, 1.165) is 16.3 Å². The van der Waals surface area contributed by atoms with Crippen molar-refractivity contribution >= 4 is 28.9 Å². The average Bonchev–Trinajstić information content (AvgIpc) is 2.41. The quantitative estimate of drug-likeness (QED) is 0.726. The Morgan fingerprint density at radius 3 is 2.86 bits per heavy atom. The third kappa shape index (κ3) is 3.32. The summed E-state index contributed by atoms with van der Waals surface area (Å²) < 4.78 is 1.01. The van der Waals surface area contributed by atoms with Crippen molar-refractivity contribution in [2.24, 2.45) is 0 Å². The fraction of sp³-hybridized carbons (Fsp3) is 0.154. The average molecular weight is 309 g/mol. The molecule has 1 aromatic heterocycles. The highest BCUT2D eigenvalue weighted by Gasteiger charge is 2.09. The Bertz CT molecular complexity index is 810. The molecular formula is C13H13ClN4O3. The number of hydrogen-bond donors (Lipinski definition) is 3. The van der Waals surface area contributed by atoms with Crippen molar-refractivity contribution in [3.63, 3.8) is 0 Å². The van der Waals surface area contributed by atoms with Crippen LogP contribution in [0.4, 0.5) is 11.4 Å². The molecule has 1 heterocycles. The van der Waals surface area contributed by atoms with Crippen molar-refractivity contribution in [2.45, 2.75) is 13.5 Å². The Morgan fingerprint density at radius 1 is 1.43 bits per heavy atom. The molecule has 1 amide bonds. The Labute approximate surface area is 124 Å². The van der Waals surface area contributed by atoms with Crippen LogP contribution in [0.15, 0.2) is 34.0 Å². The lowest BCUT2D eigenvalue weighted by molar-refractivity contribution is -0.116. The molecule has 8 heteroatoms. The number of H-pyrrole nitrogens is 1. The van der Waals surface area contributed by atoms with Gasteiger partial charge in [-0.1, -0.05) is 17.7 Å². The zero-order valence-corrected chi connectivity index (χ0v) is 11.9. The number of anilines is 2. The Balaban J connectivity index is 2.19. The maximum absolute atomic E-state index is 11.9. The minimum Gasteiger partial charge on any atom is -0.398 e. The summed E-state index contributed by atoms with van der Waals surface area (Å²) in [6.07, 6.45) is 1.12. The summed E-state index contributed by atoms with van der Waals surface area (Å²) in [6, 6.07) is 5.13. The van der Waals surface area contributed by atoms with E-state index in [9.17, 15) is 14.4 Å². The summed E-state index contributed by atoms with van der Waals surface area (Å²) in [7, 11) is 0. The van der Waals surface area contributed by atoms with Crippen LogP contribution < -0.4 is 22.3 Å². The molecule has 0 aliphatic heterocycles. The van der Waals surface area contributed by atoms with Gasteiger partial charge in [0.1, 0.15) is 11.6 Å². The number of benzene rings is 1. The first-order chi connectivity index (χ1) is 9.88. The van der Waals surface area contributed by atoms with Crippen molar-refractivity contribution in [1.29, 1.82) is 0 Å². The Kier molecular flexibility index (Phi) is 4.13. The minimum atomic E-state index is -0.705. The molecule has 0 fully saturated rings. The molecule has 21 heavy (non-hydrogen) atoms. The van der Waals surface area contributed by atoms with Gasteiger partial charge in [-0.3, -0.25) is 19.1 Å². The zero-order valence-electron chi connectivity index (χ0n) is 11.1. The number of aromatic nitrogens is 2. The molecule has 0 unspecified atom stereocenters. The van der Waals surface area contributed by atoms with E-state index in [1.165, 1.54) is 0 Å². The first-order valence-electron chi connectivity index (χ1n) is 6.02. The van der Waals surface area contributed by atoms with Gasteiger partial charge in [-0.25, -0.2) is 4.79 Å². The second-order valence-electron chi connectivity index (χ2n) is 4.43. The standard InChI is InChI=1S/C13H13ClN4O3/c1-7-9(15)3-2-4-10(7)16-11(19)6-18-5-8(14)12(20)17-13(18)21/h2-5H,6,15H2,1H3,(H,16,19)(H,17,20,21). The van der Waals surface area contributed by atoms with Crippen molar-refractivity contribution in [3.8, 4) is 0 Å². The maximum atomic E-state index is 11.9. The molecule has 0 bridgehead atoms. The molecule has 2 aromatic rings. The number of halogens is 1. The van der Waals surface area contributed by atoms with Crippen LogP contribution in [0.25, 0.3) is 0 Å². The van der Waals surface area contributed by atoms with Gasteiger partial charge in [0.25, 0.3) is 5.56 Å². The van der Waals surface area contributed by atoms with Crippen LogP contribution in [0, 0.1) is 6.92 Å². The van der Waals surface area contributed by atoms with E-state index in [-0.39, 0.29) is 11.6 Å². The number of rotatable bonds is 3. The Hall–Kier alpha value is -2.54. The summed E-state index contributed by atoms with van der Waals surface area (Å²) in [5.41, 5.74) is 6.20. The van der Waals surface area contributed by atoms with E-state index in [0.29, 0.717) is 11.4 Å². The second-order valence-corrected chi connectivity index (χ2v) is 4.84. The van der Waals surface area contributed by atoms with E-state index in [4.69, 9.17) is 17.3 Å². The van der Waals surface area contributed by atoms with Crippen molar-refractivity contribution in [2.75, 3.05) is 11.1 Å². The molecule has 0 aliphatic rings. The van der Waals surface area contributed by atoms with Gasteiger partial charge in [-0.05, 0) is 24.6 Å². The van der Waals surface area contributed by atoms with Gasteiger partial charge < -0.3 is 11.1 Å². The number of carbonyl (C=O) groups excluding carboxylic acids is 1. The minimum absolute atomic E-state index is 0.164. The molecule has 2 rings (SSSR count). The highest BCUT2D eigenvalue weighted by atomic mass is 35.5. The largest absolute Gasteiger partial charge is 0.398 e.